The highest BCUT2D eigenvalue weighted by Gasteiger charge is 2.33. The largest absolute Gasteiger partial charge is 0.474 e. The number of rotatable bonds is 6. The molecule has 2 fully saturated rings. The van der Waals surface area contributed by atoms with Gasteiger partial charge in [-0.2, -0.15) is 4.98 Å². The van der Waals surface area contributed by atoms with Crippen LogP contribution in [0, 0.1) is 0 Å². The molecular weight excluding hydrogens is 390 g/mol. The molecule has 2 aromatic rings. The van der Waals surface area contributed by atoms with Gasteiger partial charge in [0.05, 0.1) is 25.5 Å². The Morgan fingerprint density at radius 3 is 2.70 bits per heavy atom. The smallest absolute Gasteiger partial charge is 0.407 e. The van der Waals surface area contributed by atoms with Crippen molar-refractivity contribution in [1.82, 2.24) is 25.3 Å². The molecule has 0 bridgehead atoms. The molecule has 0 atom stereocenters. The summed E-state index contributed by atoms with van der Waals surface area (Å²) in [5, 5.41) is 2.81. The molecule has 30 heavy (non-hydrogen) atoms. The van der Waals surface area contributed by atoms with E-state index in [0.29, 0.717) is 63.3 Å². The van der Waals surface area contributed by atoms with Gasteiger partial charge in [0, 0.05) is 56.0 Å². The first kappa shape index (κ1) is 20.1. The van der Waals surface area contributed by atoms with Crippen molar-refractivity contribution in [3.05, 3.63) is 18.5 Å². The summed E-state index contributed by atoms with van der Waals surface area (Å²) >= 11 is 0. The fourth-order valence-corrected chi connectivity index (χ4v) is 3.29. The lowest BCUT2D eigenvalue weighted by molar-refractivity contribution is 0.0737. The zero-order valence-electron chi connectivity index (χ0n) is 16.8. The van der Waals surface area contributed by atoms with Crippen molar-refractivity contribution in [1.29, 1.82) is 0 Å². The molecule has 160 valence electrons. The lowest BCUT2D eigenvalue weighted by Gasteiger charge is -2.35. The molecule has 3 N–H and O–H groups in total. The number of alkyl carbamates (subject to hydrolysis) is 1. The molecule has 1 aliphatic heterocycles. The topological polar surface area (TPSA) is 138 Å². The van der Waals surface area contributed by atoms with Gasteiger partial charge in [-0.1, -0.05) is 0 Å². The summed E-state index contributed by atoms with van der Waals surface area (Å²) in [7, 11) is 0. The van der Waals surface area contributed by atoms with Gasteiger partial charge in [-0.15, -0.1) is 0 Å². The maximum Gasteiger partial charge on any atom is 0.407 e. The van der Waals surface area contributed by atoms with Gasteiger partial charge in [0.2, 0.25) is 17.8 Å². The second-order valence-electron chi connectivity index (χ2n) is 7.09. The minimum absolute atomic E-state index is 0.0413. The third-order valence-electron chi connectivity index (χ3n) is 4.93. The molecule has 1 aliphatic carbocycles. The minimum Gasteiger partial charge on any atom is -0.474 e. The number of aromatic nitrogens is 4. The lowest BCUT2D eigenvalue weighted by Crippen LogP contribution is -2.49. The fraction of sp³-hybridized carbons (Fsp3) is 0.526. The van der Waals surface area contributed by atoms with E-state index in [9.17, 15) is 4.79 Å². The number of nitrogens with one attached hydrogen (secondary N) is 1. The number of anilines is 2. The quantitative estimate of drug-likeness (QED) is 0.703. The Bertz CT molecular complexity index is 868. The molecule has 2 aliphatic rings. The van der Waals surface area contributed by atoms with Crippen molar-refractivity contribution in [2.75, 3.05) is 43.5 Å². The minimum atomic E-state index is -0.400. The first-order valence-corrected chi connectivity index (χ1v) is 10.0. The maximum absolute atomic E-state index is 11.5. The fourth-order valence-electron chi connectivity index (χ4n) is 3.29. The normalized spacial score (nSPS) is 20.9. The monoisotopic (exact) mass is 415 g/mol. The number of nitrogen functional groups attached to an aromatic ring is 1. The molecule has 1 saturated carbocycles. The number of morpholine rings is 1. The number of carbonyl (C=O) groups is 1. The van der Waals surface area contributed by atoms with Crippen LogP contribution in [-0.4, -0.2) is 71.1 Å². The zero-order chi connectivity index (χ0) is 20.9. The summed E-state index contributed by atoms with van der Waals surface area (Å²) in [4.78, 5) is 30.9. The molecule has 0 aromatic carbocycles. The molecule has 3 heterocycles. The Morgan fingerprint density at radius 1 is 1.27 bits per heavy atom. The van der Waals surface area contributed by atoms with E-state index < -0.39 is 6.09 Å². The first-order chi connectivity index (χ1) is 14.6. The van der Waals surface area contributed by atoms with Crippen LogP contribution in [0.15, 0.2) is 18.5 Å². The Kier molecular flexibility index (Phi) is 6.07. The molecule has 1 saturated heterocycles. The van der Waals surface area contributed by atoms with Gasteiger partial charge in [0.1, 0.15) is 6.10 Å². The van der Waals surface area contributed by atoms with E-state index in [4.69, 9.17) is 19.9 Å². The summed E-state index contributed by atoms with van der Waals surface area (Å²) in [5.74, 6) is 1.24. The van der Waals surface area contributed by atoms with Crippen molar-refractivity contribution in [3.63, 3.8) is 0 Å². The van der Waals surface area contributed by atoms with Gasteiger partial charge in [0.15, 0.2) is 0 Å². The van der Waals surface area contributed by atoms with E-state index in [0.717, 1.165) is 5.56 Å². The molecule has 2 aromatic heterocycles. The van der Waals surface area contributed by atoms with Gasteiger partial charge in [-0.3, -0.25) is 0 Å². The van der Waals surface area contributed by atoms with Crippen molar-refractivity contribution in [2.24, 2.45) is 0 Å². The standard InChI is InChI=1S/C19H25N7O4/c1-2-29-19(27)23-13-7-14(8-13)30-16-9-15(12-10-21-17(20)22-11-12)24-18(25-16)26-3-5-28-6-4-26/h9-11,13-14H,2-8H2,1H3,(H,23,27)(H2,20,21,22). The predicted octanol–water partition coefficient (Wildman–Crippen LogP) is 1.01. The molecule has 0 spiro atoms. The highest BCUT2D eigenvalue weighted by Crippen LogP contribution is 2.29. The van der Waals surface area contributed by atoms with Crippen LogP contribution in [0.2, 0.25) is 0 Å². The number of hydrogen-bond acceptors (Lipinski definition) is 10. The number of amides is 1. The van der Waals surface area contributed by atoms with E-state index in [-0.39, 0.29) is 18.1 Å². The van der Waals surface area contributed by atoms with Crippen LogP contribution in [0.4, 0.5) is 16.7 Å². The van der Waals surface area contributed by atoms with Crippen molar-refractivity contribution < 1.29 is 19.0 Å². The molecule has 4 rings (SSSR count). The number of nitrogens with two attached hydrogens (primary N) is 1. The van der Waals surface area contributed by atoms with Crippen molar-refractivity contribution in [2.45, 2.75) is 31.9 Å². The van der Waals surface area contributed by atoms with Crippen LogP contribution in [0.3, 0.4) is 0 Å². The highest BCUT2D eigenvalue weighted by molar-refractivity contribution is 5.67. The van der Waals surface area contributed by atoms with Gasteiger partial charge < -0.3 is 30.2 Å². The molecular formula is C19H25N7O4. The van der Waals surface area contributed by atoms with E-state index >= 15 is 0 Å². The Labute approximate surface area is 174 Å². The van der Waals surface area contributed by atoms with E-state index in [1.54, 1.807) is 25.4 Å². The summed E-state index contributed by atoms with van der Waals surface area (Å²) in [5.41, 5.74) is 6.98. The first-order valence-electron chi connectivity index (χ1n) is 10.0. The second kappa shape index (κ2) is 9.08. The Morgan fingerprint density at radius 2 is 2.00 bits per heavy atom. The Balaban J connectivity index is 1.48. The Hall–Kier alpha value is -3.21. The summed E-state index contributed by atoms with van der Waals surface area (Å²) < 4.78 is 16.4. The highest BCUT2D eigenvalue weighted by atomic mass is 16.5. The van der Waals surface area contributed by atoms with Crippen LogP contribution < -0.4 is 20.7 Å². The third-order valence-corrected chi connectivity index (χ3v) is 4.93. The second-order valence-corrected chi connectivity index (χ2v) is 7.09. The summed E-state index contributed by atoms with van der Waals surface area (Å²) in [6, 6.07) is 1.81. The van der Waals surface area contributed by atoms with Crippen LogP contribution in [0.25, 0.3) is 11.3 Å². The van der Waals surface area contributed by atoms with E-state index in [1.807, 2.05) is 0 Å². The summed E-state index contributed by atoms with van der Waals surface area (Å²) in [6.45, 7) is 4.78. The SMILES string of the molecule is CCOC(=O)NC1CC(Oc2cc(-c3cnc(N)nc3)nc(N3CCOCC3)n2)C1. The number of hydrogen-bond donors (Lipinski definition) is 2. The average Bonchev–Trinajstić information content (AvgIpc) is 2.73. The number of ether oxygens (including phenoxy) is 3. The van der Waals surface area contributed by atoms with Gasteiger partial charge in [0.25, 0.3) is 0 Å². The van der Waals surface area contributed by atoms with E-state index in [2.05, 4.69) is 30.2 Å². The van der Waals surface area contributed by atoms with Gasteiger partial charge in [-0.25, -0.2) is 19.7 Å². The number of nitrogens with zero attached hydrogens (tertiary/aromatic N) is 5. The lowest BCUT2D eigenvalue weighted by atomic mass is 9.89. The van der Waals surface area contributed by atoms with Gasteiger partial charge >= 0.3 is 6.09 Å². The molecule has 0 radical (unpaired) electrons. The van der Waals surface area contributed by atoms with Crippen molar-refractivity contribution in [3.8, 4) is 17.1 Å². The predicted molar refractivity (Wildman–Crippen MR) is 108 cm³/mol. The van der Waals surface area contributed by atoms with Crippen LogP contribution in [-0.2, 0) is 9.47 Å². The maximum atomic E-state index is 11.5. The molecule has 11 nitrogen and oxygen atoms in total. The third kappa shape index (κ3) is 4.85. The molecule has 11 heteroatoms. The van der Waals surface area contributed by atoms with Crippen molar-refractivity contribution >= 4 is 18.0 Å². The van der Waals surface area contributed by atoms with Crippen LogP contribution >= 0.6 is 0 Å². The number of carbonyl (C=O) groups excluding carboxylic acids is 1. The summed E-state index contributed by atoms with van der Waals surface area (Å²) in [6.07, 6.45) is 4.19. The van der Waals surface area contributed by atoms with Gasteiger partial charge in [-0.05, 0) is 6.92 Å². The van der Waals surface area contributed by atoms with Crippen LogP contribution in [0.5, 0.6) is 5.88 Å². The average molecular weight is 415 g/mol. The molecule has 0 unspecified atom stereocenters. The van der Waals surface area contributed by atoms with E-state index in [1.165, 1.54) is 0 Å². The zero-order valence-corrected chi connectivity index (χ0v) is 16.8. The molecule has 1 amide bonds. The van der Waals surface area contributed by atoms with Crippen LogP contribution in [0.1, 0.15) is 19.8 Å².